The molecule has 1 heterocycles. The molecule has 1 aromatic rings. The molecular weight excluding hydrogens is 310 g/mol. The van der Waals surface area contributed by atoms with Crippen LogP contribution in [-0.2, 0) is 23.5 Å². The Kier molecular flexibility index (Phi) is 7.36. The van der Waals surface area contributed by atoms with Crippen molar-refractivity contribution in [2.75, 3.05) is 31.9 Å². The predicted molar refractivity (Wildman–Crippen MR) is 95.7 cm³/mol. The molecule has 0 saturated carbocycles. The highest BCUT2D eigenvalue weighted by atomic mass is 32.2. The van der Waals surface area contributed by atoms with Gasteiger partial charge >= 0.3 is 5.97 Å². The van der Waals surface area contributed by atoms with E-state index in [4.69, 9.17) is 10.8 Å². The second-order valence-electron chi connectivity index (χ2n) is 6.00. The lowest BCUT2D eigenvalue weighted by Gasteiger charge is -2.27. The van der Waals surface area contributed by atoms with Crippen LogP contribution in [0.3, 0.4) is 0 Å². The summed E-state index contributed by atoms with van der Waals surface area (Å²) in [6.07, 6.45) is 1.02. The Bertz CT molecular complexity index is 519. The van der Waals surface area contributed by atoms with E-state index in [-0.39, 0.29) is 0 Å². The van der Waals surface area contributed by atoms with E-state index >= 15 is 0 Å². The number of benzene rings is 1. The van der Waals surface area contributed by atoms with E-state index in [9.17, 15) is 4.79 Å². The van der Waals surface area contributed by atoms with Gasteiger partial charge < -0.3 is 16.2 Å². The van der Waals surface area contributed by atoms with E-state index < -0.39 is 12.0 Å². The molecule has 1 aliphatic heterocycles. The second kappa shape index (κ2) is 9.27. The van der Waals surface area contributed by atoms with Crippen LogP contribution >= 0.6 is 11.8 Å². The highest BCUT2D eigenvalue weighted by Crippen LogP contribution is 2.19. The zero-order valence-corrected chi connectivity index (χ0v) is 14.6. The standard InChI is InChI=1S/C17H27N3O2S/c1-2-13-7-14(10-20-5-3-19-4-6-20)9-15(8-13)11-23-12-16(18)17(21)22/h7-9,16,19H,2-6,10-12,18H2,1H3,(H,21,22). The minimum absolute atomic E-state index is 0.443. The number of nitrogens with zero attached hydrogens (tertiary/aromatic N) is 1. The van der Waals surface area contributed by atoms with Gasteiger partial charge in [-0.2, -0.15) is 11.8 Å². The van der Waals surface area contributed by atoms with E-state index in [1.807, 2.05) is 0 Å². The molecule has 0 aromatic heterocycles. The molecule has 1 aromatic carbocycles. The molecule has 0 spiro atoms. The van der Waals surface area contributed by atoms with Crippen molar-refractivity contribution in [1.29, 1.82) is 0 Å². The maximum absolute atomic E-state index is 10.8. The molecule has 0 bridgehead atoms. The molecule has 23 heavy (non-hydrogen) atoms. The summed E-state index contributed by atoms with van der Waals surface area (Å²) in [4.78, 5) is 13.2. The summed E-state index contributed by atoms with van der Waals surface area (Å²) < 4.78 is 0. The third-order valence-electron chi connectivity index (χ3n) is 4.02. The number of carbonyl (C=O) groups is 1. The minimum atomic E-state index is -0.931. The van der Waals surface area contributed by atoms with Gasteiger partial charge in [0, 0.05) is 44.2 Å². The number of carboxylic acids is 1. The smallest absolute Gasteiger partial charge is 0.321 e. The fourth-order valence-electron chi connectivity index (χ4n) is 2.72. The molecule has 5 nitrogen and oxygen atoms in total. The molecule has 0 aliphatic carbocycles. The van der Waals surface area contributed by atoms with Crippen molar-refractivity contribution in [3.63, 3.8) is 0 Å². The molecule has 1 saturated heterocycles. The first kappa shape index (κ1) is 18.3. The molecule has 0 amide bonds. The highest BCUT2D eigenvalue weighted by Gasteiger charge is 2.13. The molecule has 0 radical (unpaired) electrons. The lowest BCUT2D eigenvalue weighted by Crippen LogP contribution is -2.42. The second-order valence-corrected chi connectivity index (χ2v) is 7.03. The number of carboxylic acid groups (broad SMARTS) is 1. The first-order chi connectivity index (χ1) is 11.1. The number of aliphatic carboxylic acids is 1. The van der Waals surface area contributed by atoms with Crippen LogP contribution in [0.5, 0.6) is 0 Å². The van der Waals surface area contributed by atoms with E-state index in [0.717, 1.165) is 44.9 Å². The van der Waals surface area contributed by atoms with E-state index in [0.29, 0.717) is 5.75 Å². The molecule has 1 aliphatic rings. The number of thioether (sulfide) groups is 1. The van der Waals surface area contributed by atoms with Gasteiger partial charge in [0.25, 0.3) is 0 Å². The van der Waals surface area contributed by atoms with Crippen LogP contribution in [0.15, 0.2) is 18.2 Å². The topological polar surface area (TPSA) is 78.6 Å². The number of aryl methyl sites for hydroxylation is 1. The summed E-state index contributed by atoms with van der Waals surface area (Å²) in [5, 5.41) is 12.2. The lowest BCUT2D eigenvalue weighted by atomic mass is 10.0. The first-order valence-electron chi connectivity index (χ1n) is 8.19. The normalized spacial score (nSPS) is 17.1. The van der Waals surface area contributed by atoms with Gasteiger partial charge in [-0.1, -0.05) is 25.1 Å². The van der Waals surface area contributed by atoms with E-state index in [1.165, 1.54) is 16.7 Å². The molecule has 128 valence electrons. The van der Waals surface area contributed by atoms with E-state index in [2.05, 4.69) is 35.3 Å². The van der Waals surface area contributed by atoms with Gasteiger partial charge in [0.05, 0.1) is 0 Å². The molecule has 1 fully saturated rings. The Balaban J connectivity index is 1.95. The van der Waals surface area contributed by atoms with Gasteiger partial charge in [-0.3, -0.25) is 9.69 Å². The average molecular weight is 337 g/mol. The fourth-order valence-corrected chi connectivity index (χ4v) is 3.64. The van der Waals surface area contributed by atoms with Crippen molar-refractivity contribution in [2.24, 2.45) is 5.73 Å². The van der Waals surface area contributed by atoms with Crippen molar-refractivity contribution < 1.29 is 9.90 Å². The summed E-state index contributed by atoms with van der Waals surface area (Å²) in [5.74, 6) is 0.321. The number of hydrogen-bond donors (Lipinski definition) is 3. The first-order valence-corrected chi connectivity index (χ1v) is 9.35. The maximum atomic E-state index is 10.8. The Morgan fingerprint density at radius 2 is 1.96 bits per heavy atom. The molecular formula is C17H27N3O2S. The van der Waals surface area contributed by atoms with Crippen molar-refractivity contribution in [1.82, 2.24) is 10.2 Å². The Morgan fingerprint density at radius 3 is 2.61 bits per heavy atom. The molecule has 2 rings (SSSR count). The third-order valence-corrected chi connectivity index (χ3v) is 5.15. The Labute approximate surface area is 142 Å². The molecule has 6 heteroatoms. The fraction of sp³-hybridized carbons (Fsp3) is 0.588. The van der Waals surface area contributed by atoms with Crippen LogP contribution in [0, 0.1) is 0 Å². The van der Waals surface area contributed by atoms with Gasteiger partial charge in [0.15, 0.2) is 0 Å². The monoisotopic (exact) mass is 337 g/mol. The lowest BCUT2D eigenvalue weighted by molar-refractivity contribution is -0.137. The summed E-state index contributed by atoms with van der Waals surface area (Å²) >= 11 is 1.59. The van der Waals surface area contributed by atoms with Gasteiger partial charge in [0.2, 0.25) is 0 Å². The zero-order chi connectivity index (χ0) is 16.7. The number of nitrogens with two attached hydrogens (primary N) is 1. The van der Waals surface area contributed by atoms with Crippen LogP contribution in [0.4, 0.5) is 0 Å². The van der Waals surface area contributed by atoms with Crippen molar-refractivity contribution >= 4 is 17.7 Å². The van der Waals surface area contributed by atoms with Gasteiger partial charge in [-0.05, 0) is 23.1 Å². The number of piperazine rings is 1. The maximum Gasteiger partial charge on any atom is 0.321 e. The van der Waals surface area contributed by atoms with Crippen molar-refractivity contribution in [2.45, 2.75) is 31.7 Å². The molecule has 4 N–H and O–H groups in total. The summed E-state index contributed by atoms with van der Waals surface area (Å²) in [6, 6.07) is 5.98. The third kappa shape index (κ3) is 6.14. The summed E-state index contributed by atoms with van der Waals surface area (Å²) in [5.41, 5.74) is 9.51. The van der Waals surface area contributed by atoms with Crippen LogP contribution in [0.2, 0.25) is 0 Å². The van der Waals surface area contributed by atoms with Gasteiger partial charge in [-0.15, -0.1) is 0 Å². The van der Waals surface area contributed by atoms with Crippen LogP contribution in [-0.4, -0.2) is 53.9 Å². The Hall–Kier alpha value is -1.08. The number of hydrogen-bond acceptors (Lipinski definition) is 5. The highest BCUT2D eigenvalue weighted by molar-refractivity contribution is 7.98. The number of nitrogens with one attached hydrogen (secondary N) is 1. The van der Waals surface area contributed by atoms with Crippen LogP contribution in [0.1, 0.15) is 23.6 Å². The van der Waals surface area contributed by atoms with Crippen molar-refractivity contribution in [3.05, 3.63) is 34.9 Å². The largest absolute Gasteiger partial charge is 0.480 e. The van der Waals surface area contributed by atoms with Crippen LogP contribution < -0.4 is 11.1 Å². The Morgan fingerprint density at radius 1 is 1.30 bits per heavy atom. The van der Waals surface area contributed by atoms with Gasteiger partial charge in [0.1, 0.15) is 6.04 Å². The quantitative estimate of drug-likeness (QED) is 0.664. The molecule has 1 atom stereocenters. The van der Waals surface area contributed by atoms with Crippen molar-refractivity contribution in [3.8, 4) is 0 Å². The number of rotatable bonds is 8. The summed E-state index contributed by atoms with van der Waals surface area (Å²) in [6.45, 7) is 7.46. The zero-order valence-electron chi connectivity index (χ0n) is 13.8. The molecule has 1 unspecified atom stereocenters. The minimum Gasteiger partial charge on any atom is -0.480 e. The van der Waals surface area contributed by atoms with Gasteiger partial charge in [-0.25, -0.2) is 0 Å². The summed E-state index contributed by atoms with van der Waals surface area (Å²) in [7, 11) is 0. The SMILES string of the molecule is CCc1cc(CSCC(N)C(=O)O)cc(CN2CCNCC2)c1. The average Bonchev–Trinajstić information content (AvgIpc) is 2.55. The predicted octanol–water partition coefficient (Wildman–Crippen LogP) is 1.30. The van der Waals surface area contributed by atoms with E-state index in [1.54, 1.807) is 11.8 Å². The van der Waals surface area contributed by atoms with Crippen LogP contribution in [0.25, 0.3) is 0 Å².